The molecular weight excluding hydrogens is 789 g/mol. The summed E-state index contributed by atoms with van der Waals surface area (Å²) in [5.74, 6) is 1.60. The molecule has 0 saturated heterocycles. The Morgan fingerprint density at radius 2 is 0.631 bits per heavy atom. The van der Waals surface area contributed by atoms with Crippen LogP contribution in [0.4, 0.5) is 0 Å². The molecule has 0 atom stereocenters. The maximum Gasteiger partial charge on any atom is 0.127 e. The molecule has 0 N–H and O–H groups in total. The van der Waals surface area contributed by atoms with E-state index in [9.17, 15) is 0 Å². The molecule has 10 aromatic carbocycles. The summed E-state index contributed by atoms with van der Waals surface area (Å²) in [5, 5.41) is 5.06. The van der Waals surface area contributed by atoms with Crippen molar-refractivity contribution in [3.05, 3.63) is 276 Å². The lowest BCUT2D eigenvalue weighted by molar-refractivity contribution is 0.482. The number of aromatic nitrogens is 2. The van der Waals surface area contributed by atoms with E-state index in [-0.39, 0.29) is 0 Å². The van der Waals surface area contributed by atoms with E-state index in [0.29, 0.717) is 0 Å². The third-order valence-electron chi connectivity index (χ3n) is 13.7. The van der Waals surface area contributed by atoms with E-state index in [4.69, 9.17) is 4.74 Å². The predicted octanol–water partition coefficient (Wildman–Crippen LogP) is 15.6. The fourth-order valence-electron chi connectivity index (χ4n) is 10.9. The van der Waals surface area contributed by atoms with Crippen molar-refractivity contribution in [1.29, 1.82) is 0 Å². The number of fused-ring (bicyclic) bond motifs is 9. The molecule has 12 aromatic rings. The maximum atomic E-state index is 6.55. The first-order chi connectivity index (χ1) is 32.2. The molecule has 65 heavy (non-hydrogen) atoms. The molecular formula is C62H42N2O. The summed E-state index contributed by atoms with van der Waals surface area (Å²) in [6, 6.07) is 88.1. The second kappa shape index (κ2) is 14.9. The molecule has 0 fully saturated rings. The lowest BCUT2D eigenvalue weighted by atomic mass is 9.67. The molecule has 1 aliphatic rings. The van der Waals surface area contributed by atoms with Crippen molar-refractivity contribution in [3.8, 4) is 34.0 Å². The van der Waals surface area contributed by atoms with Crippen LogP contribution in [0.25, 0.3) is 66.1 Å². The van der Waals surface area contributed by atoms with Gasteiger partial charge in [0.2, 0.25) is 0 Å². The third kappa shape index (κ3) is 5.82. The maximum absolute atomic E-state index is 6.55. The summed E-state index contributed by atoms with van der Waals surface area (Å²) in [4.78, 5) is 0. The normalized spacial score (nSPS) is 12.8. The Morgan fingerprint density at radius 3 is 1.06 bits per heavy atom. The number of benzene rings is 10. The highest BCUT2D eigenvalue weighted by atomic mass is 16.5. The molecule has 0 unspecified atom stereocenters. The first-order valence-electron chi connectivity index (χ1n) is 22.5. The van der Waals surface area contributed by atoms with Crippen molar-refractivity contribution in [3.63, 3.8) is 0 Å². The van der Waals surface area contributed by atoms with Gasteiger partial charge in [-0.15, -0.1) is 0 Å². The molecule has 3 heteroatoms. The first kappa shape index (κ1) is 37.2. The zero-order chi connectivity index (χ0) is 42.9. The Morgan fingerprint density at radius 1 is 0.308 bits per heavy atom. The smallest absolute Gasteiger partial charge is 0.127 e. The molecule has 0 bridgehead atoms. The van der Waals surface area contributed by atoms with Crippen molar-refractivity contribution >= 4 is 43.6 Å². The van der Waals surface area contributed by atoms with E-state index in [0.717, 1.165) is 23.6 Å². The van der Waals surface area contributed by atoms with Gasteiger partial charge in [0, 0.05) is 32.9 Å². The van der Waals surface area contributed by atoms with Crippen LogP contribution in [0.15, 0.2) is 243 Å². The third-order valence-corrected chi connectivity index (χ3v) is 13.7. The molecule has 0 spiro atoms. The quantitative estimate of drug-likeness (QED) is 0.149. The summed E-state index contributed by atoms with van der Waals surface area (Å²) in [6.07, 6.45) is 0.847. The molecule has 2 aromatic heterocycles. The second-order valence-corrected chi connectivity index (χ2v) is 17.2. The molecule has 0 amide bonds. The van der Waals surface area contributed by atoms with Gasteiger partial charge in [0.25, 0.3) is 0 Å². The summed E-state index contributed by atoms with van der Waals surface area (Å²) in [7, 11) is 0. The Hall–Kier alpha value is -8.40. The van der Waals surface area contributed by atoms with E-state index >= 15 is 0 Å². The minimum atomic E-state index is -0.502. The number of para-hydroxylation sites is 4. The van der Waals surface area contributed by atoms with Crippen molar-refractivity contribution in [1.82, 2.24) is 9.13 Å². The first-order valence-corrected chi connectivity index (χ1v) is 22.5. The molecule has 2 heterocycles. The van der Waals surface area contributed by atoms with Crippen LogP contribution >= 0.6 is 0 Å². The van der Waals surface area contributed by atoms with Gasteiger partial charge in [-0.2, -0.15) is 0 Å². The van der Waals surface area contributed by atoms with Crippen LogP contribution in [0.3, 0.4) is 0 Å². The molecule has 13 rings (SSSR count). The summed E-state index contributed by atoms with van der Waals surface area (Å²) >= 11 is 0. The highest BCUT2D eigenvalue weighted by Crippen LogP contribution is 2.56. The van der Waals surface area contributed by atoms with Crippen molar-refractivity contribution < 1.29 is 4.74 Å². The van der Waals surface area contributed by atoms with Crippen molar-refractivity contribution in [2.45, 2.75) is 11.8 Å². The summed E-state index contributed by atoms with van der Waals surface area (Å²) in [5.41, 5.74) is 16.8. The molecule has 1 aliphatic carbocycles. The van der Waals surface area contributed by atoms with E-state index in [2.05, 4.69) is 252 Å². The molecule has 306 valence electrons. The van der Waals surface area contributed by atoms with E-state index in [1.165, 1.54) is 93.8 Å². The number of ether oxygens (including phenoxy) is 1. The van der Waals surface area contributed by atoms with Crippen LogP contribution in [0.1, 0.15) is 33.4 Å². The minimum Gasteiger partial charge on any atom is -0.457 e. The van der Waals surface area contributed by atoms with Crippen LogP contribution in [0.5, 0.6) is 11.5 Å². The van der Waals surface area contributed by atoms with Gasteiger partial charge in [-0.05, 0) is 124 Å². The van der Waals surface area contributed by atoms with Crippen molar-refractivity contribution in [2.75, 3.05) is 0 Å². The average Bonchev–Trinajstić information content (AvgIpc) is 4.00. The van der Waals surface area contributed by atoms with Crippen LogP contribution in [-0.4, -0.2) is 9.13 Å². The van der Waals surface area contributed by atoms with E-state index < -0.39 is 5.41 Å². The van der Waals surface area contributed by atoms with Gasteiger partial charge >= 0.3 is 0 Å². The van der Waals surface area contributed by atoms with Gasteiger partial charge in [-0.1, -0.05) is 170 Å². The Labute approximate surface area is 377 Å². The molecule has 0 radical (unpaired) electrons. The molecule has 3 nitrogen and oxygen atoms in total. The van der Waals surface area contributed by atoms with Gasteiger partial charge in [0.15, 0.2) is 0 Å². The monoisotopic (exact) mass is 830 g/mol. The van der Waals surface area contributed by atoms with Gasteiger partial charge < -0.3 is 13.9 Å². The van der Waals surface area contributed by atoms with Crippen LogP contribution in [-0.2, 0) is 11.8 Å². The molecule has 0 saturated carbocycles. The SMILES string of the molecule is c1ccc2c(c1)-c1ccccc1C2(c1ccc(Cc2ccc(-n3c4ccccc4c4ccccc43)cc2)cc1)c1ccc(Oc2ccc(-n3c4ccccc4c4ccccc43)cc2)cc1. The number of hydrogen-bond donors (Lipinski definition) is 0. The minimum absolute atomic E-state index is 0.502. The summed E-state index contributed by atoms with van der Waals surface area (Å²) < 4.78 is 11.3. The fourth-order valence-corrected chi connectivity index (χ4v) is 10.9. The zero-order valence-electron chi connectivity index (χ0n) is 35.6. The highest BCUT2D eigenvalue weighted by Gasteiger charge is 2.45. The van der Waals surface area contributed by atoms with Gasteiger partial charge in [0.05, 0.1) is 27.5 Å². The standard InChI is InChI=1S/C62H42N2O/c1-7-19-56-50(13-1)51-14-2-8-20-57(51)62(56,44-29-25-42(26-30-44)41-43-27-33-46(34-28-43)63-58-21-9-3-15-52(58)53-16-4-10-22-59(53)63)45-31-37-48(38-32-45)65-49-39-35-47(36-40-49)64-60-23-11-5-17-54(60)55-18-6-12-24-61(55)64/h1-40H,41H2. The highest BCUT2D eigenvalue weighted by molar-refractivity contribution is 6.10. The number of rotatable bonds is 8. The Kier molecular flexibility index (Phi) is 8.50. The predicted molar refractivity (Wildman–Crippen MR) is 268 cm³/mol. The second-order valence-electron chi connectivity index (χ2n) is 17.2. The van der Waals surface area contributed by atoms with Gasteiger partial charge in [-0.3, -0.25) is 0 Å². The number of hydrogen-bond acceptors (Lipinski definition) is 1. The Bertz CT molecular complexity index is 3390. The van der Waals surface area contributed by atoms with Crippen LogP contribution in [0, 0.1) is 0 Å². The lowest BCUT2D eigenvalue weighted by Gasteiger charge is -2.34. The van der Waals surface area contributed by atoms with E-state index in [1.807, 2.05) is 0 Å². The lowest BCUT2D eigenvalue weighted by Crippen LogP contribution is -2.28. The Balaban J connectivity index is 0.815. The van der Waals surface area contributed by atoms with Gasteiger partial charge in [0.1, 0.15) is 11.5 Å². The van der Waals surface area contributed by atoms with Crippen molar-refractivity contribution in [2.24, 2.45) is 0 Å². The fraction of sp³-hybridized carbons (Fsp3) is 0.0323. The summed E-state index contributed by atoms with van der Waals surface area (Å²) in [6.45, 7) is 0. The van der Waals surface area contributed by atoms with Gasteiger partial charge in [-0.25, -0.2) is 0 Å². The average molecular weight is 831 g/mol. The zero-order valence-corrected chi connectivity index (χ0v) is 35.6. The number of nitrogens with zero attached hydrogens (tertiary/aromatic N) is 2. The van der Waals surface area contributed by atoms with Crippen LogP contribution in [0.2, 0.25) is 0 Å². The largest absolute Gasteiger partial charge is 0.457 e. The topological polar surface area (TPSA) is 19.1 Å². The molecule has 0 aliphatic heterocycles. The van der Waals surface area contributed by atoms with E-state index in [1.54, 1.807) is 0 Å². The van der Waals surface area contributed by atoms with Crippen LogP contribution < -0.4 is 4.74 Å².